The Hall–Kier alpha value is -2.70. The Kier molecular flexibility index (Phi) is 6.79. The summed E-state index contributed by atoms with van der Waals surface area (Å²) in [7, 11) is 1.00. The molecule has 0 radical (unpaired) electrons. The number of benzene rings is 2. The van der Waals surface area contributed by atoms with Crippen LogP contribution in [-0.2, 0) is 11.3 Å². The molecule has 4 rings (SSSR count). The number of rotatable bonds is 5. The first-order valence-electron chi connectivity index (χ1n) is 9.47. The predicted octanol–water partition coefficient (Wildman–Crippen LogP) is 2.09. The summed E-state index contributed by atoms with van der Waals surface area (Å²) in [5.74, 6) is 0.317. The van der Waals surface area contributed by atoms with E-state index in [1.54, 1.807) is 12.1 Å². The van der Waals surface area contributed by atoms with Crippen molar-refractivity contribution in [1.29, 1.82) is 0 Å². The van der Waals surface area contributed by atoms with Gasteiger partial charge >= 0.3 is 0 Å². The van der Waals surface area contributed by atoms with Crippen LogP contribution in [0.1, 0.15) is 32.7 Å². The van der Waals surface area contributed by atoms with Gasteiger partial charge in [-0.2, -0.15) is 0 Å². The van der Waals surface area contributed by atoms with Crippen molar-refractivity contribution in [3.8, 4) is 0 Å². The third-order valence-electron chi connectivity index (χ3n) is 5.07. The number of carbonyl (C=O) groups is 2. The van der Waals surface area contributed by atoms with Gasteiger partial charge in [0.2, 0.25) is 0 Å². The number of amides is 2. The lowest BCUT2D eigenvalue weighted by molar-refractivity contribution is 0.0537. The smallest absolute Gasteiger partial charge is 0.254 e. The molecule has 2 N–H and O–H groups in total. The molecule has 1 saturated heterocycles. The molecule has 28 heavy (non-hydrogen) atoms. The number of carbonyl (C=O) groups excluding carboxylic acids is 2. The zero-order valence-corrected chi connectivity index (χ0v) is 16.0. The second-order valence-corrected chi connectivity index (χ2v) is 6.98. The Labute approximate surface area is 165 Å². The normalized spacial score (nSPS) is 20.4. The number of hydrogen-bond acceptors (Lipinski definition) is 4. The van der Waals surface area contributed by atoms with Crippen LogP contribution >= 0.6 is 0 Å². The molecule has 0 aromatic heterocycles. The van der Waals surface area contributed by atoms with E-state index >= 15 is 0 Å². The fraction of sp³-hybridized carbons (Fsp3) is 0.364. The van der Waals surface area contributed by atoms with E-state index in [4.69, 9.17) is 9.84 Å². The van der Waals surface area contributed by atoms with E-state index in [0.717, 1.165) is 24.7 Å². The average Bonchev–Trinajstić information content (AvgIpc) is 3.33. The molecular weight excluding hydrogens is 356 g/mol. The van der Waals surface area contributed by atoms with Gasteiger partial charge in [0.15, 0.2) is 0 Å². The molecular formula is C22H26N2O4. The van der Waals surface area contributed by atoms with Crippen LogP contribution in [0.3, 0.4) is 0 Å². The summed E-state index contributed by atoms with van der Waals surface area (Å²) in [4.78, 5) is 26.4. The number of fused-ring (bicyclic) bond motifs is 1. The second-order valence-electron chi connectivity index (χ2n) is 6.98. The third-order valence-corrected chi connectivity index (χ3v) is 5.07. The van der Waals surface area contributed by atoms with Crippen LogP contribution in [0.25, 0.3) is 0 Å². The van der Waals surface area contributed by atoms with Gasteiger partial charge in [-0.15, -0.1) is 0 Å². The van der Waals surface area contributed by atoms with Gasteiger partial charge in [-0.25, -0.2) is 0 Å². The third kappa shape index (κ3) is 4.58. The van der Waals surface area contributed by atoms with Gasteiger partial charge in [-0.1, -0.05) is 36.4 Å². The summed E-state index contributed by atoms with van der Waals surface area (Å²) in [6.45, 7) is 2.48. The molecule has 2 aromatic rings. The molecule has 2 aliphatic rings. The first-order chi connectivity index (χ1) is 13.7. The van der Waals surface area contributed by atoms with E-state index in [-0.39, 0.29) is 23.8 Å². The van der Waals surface area contributed by atoms with Crippen molar-refractivity contribution >= 4 is 11.8 Å². The summed E-state index contributed by atoms with van der Waals surface area (Å²) in [6.07, 6.45) is 0.891. The van der Waals surface area contributed by atoms with E-state index in [0.29, 0.717) is 31.8 Å². The maximum atomic E-state index is 12.5. The number of nitrogens with one attached hydrogen (secondary N) is 1. The molecule has 1 fully saturated rings. The lowest BCUT2D eigenvalue weighted by Crippen LogP contribution is -2.33. The molecule has 6 heteroatoms. The Morgan fingerprint density at radius 3 is 2.61 bits per heavy atom. The monoisotopic (exact) mass is 382 g/mol. The molecule has 2 unspecified atom stereocenters. The molecule has 0 saturated carbocycles. The minimum absolute atomic E-state index is 0.0342. The van der Waals surface area contributed by atoms with E-state index < -0.39 is 0 Å². The van der Waals surface area contributed by atoms with E-state index in [1.807, 2.05) is 47.4 Å². The van der Waals surface area contributed by atoms with Gasteiger partial charge in [0.25, 0.3) is 11.8 Å². The molecule has 2 aromatic carbocycles. The quantitative estimate of drug-likeness (QED) is 0.830. The Morgan fingerprint density at radius 2 is 1.86 bits per heavy atom. The van der Waals surface area contributed by atoms with Gasteiger partial charge in [-0.3, -0.25) is 9.59 Å². The van der Waals surface area contributed by atoms with Crippen LogP contribution in [0, 0.1) is 5.92 Å². The lowest BCUT2D eigenvalue weighted by Gasteiger charge is -2.19. The second kappa shape index (κ2) is 9.48. The fourth-order valence-electron chi connectivity index (χ4n) is 3.69. The Balaban J connectivity index is 0.00000109. The van der Waals surface area contributed by atoms with Gasteiger partial charge in [-0.05, 0) is 30.2 Å². The van der Waals surface area contributed by atoms with Gasteiger partial charge in [0.05, 0.1) is 12.7 Å². The molecule has 0 bridgehead atoms. The van der Waals surface area contributed by atoms with Crippen LogP contribution in [0.5, 0.6) is 0 Å². The summed E-state index contributed by atoms with van der Waals surface area (Å²) >= 11 is 0. The largest absolute Gasteiger partial charge is 0.400 e. The number of aliphatic hydroxyl groups is 1. The van der Waals surface area contributed by atoms with E-state index in [9.17, 15) is 9.59 Å². The first-order valence-corrected chi connectivity index (χ1v) is 9.47. The van der Waals surface area contributed by atoms with Crippen molar-refractivity contribution in [2.45, 2.75) is 19.1 Å². The highest BCUT2D eigenvalue weighted by atomic mass is 16.5. The van der Waals surface area contributed by atoms with Gasteiger partial charge in [0.1, 0.15) is 0 Å². The summed E-state index contributed by atoms with van der Waals surface area (Å²) < 4.78 is 5.87. The minimum atomic E-state index is -0.0563. The summed E-state index contributed by atoms with van der Waals surface area (Å²) in [6, 6.07) is 17.0. The van der Waals surface area contributed by atoms with Crippen molar-refractivity contribution in [3.05, 3.63) is 71.3 Å². The van der Waals surface area contributed by atoms with Crippen molar-refractivity contribution in [3.63, 3.8) is 0 Å². The highest BCUT2D eigenvalue weighted by molar-refractivity contribution is 5.98. The highest BCUT2D eigenvalue weighted by Gasteiger charge is 2.32. The Morgan fingerprint density at radius 1 is 1.14 bits per heavy atom. The molecule has 2 heterocycles. The number of ether oxygens (including phenoxy) is 1. The molecule has 2 aliphatic heterocycles. The van der Waals surface area contributed by atoms with Crippen molar-refractivity contribution < 1.29 is 19.4 Å². The maximum absolute atomic E-state index is 12.5. The predicted molar refractivity (Wildman–Crippen MR) is 106 cm³/mol. The van der Waals surface area contributed by atoms with Crippen LogP contribution in [0.15, 0.2) is 54.6 Å². The topological polar surface area (TPSA) is 78.9 Å². The summed E-state index contributed by atoms with van der Waals surface area (Å²) in [5, 5.41) is 9.98. The van der Waals surface area contributed by atoms with E-state index in [1.165, 1.54) is 0 Å². The number of aliphatic hydroxyl groups excluding tert-OH is 1. The average molecular weight is 382 g/mol. The minimum Gasteiger partial charge on any atom is -0.400 e. The number of hydrogen-bond donors (Lipinski definition) is 2. The Bertz CT molecular complexity index is 809. The van der Waals surface area contributed by atoms with Gasteiger partial charge in [0, 0.05) is 43.8 Å². The SMILES string of the molecule is CO.O=C(NCC1COC(CN2Cc3ccccc3C2=O)C1)c1ccccc1. The first kappa shape index (κ1) is 20.0. The molecule has 6 nitrogen and oxygen atoms in total. The maximum Gasteiger partial charge on any atom is 0.254 e. The number of nitrogens with zero attached hydrogens (tertiary/aromatic N) is 1. The van der Waals surface area contributed by atoms with Gasteiger partial charge < -0.3 is 20.1 Å². The molecule has 0 aliphatic carbocycles. The zero-order valence-electron chi connectivity index (χ0n) is 16.0. The van der Waals surface area contributed by atoms with Crippen molar-refractivity contribution in [2.75, 3.05) is 26.8 Å². The van der Waals surface area contributed by atoms with E-state index in [2.05, 4.69) is 5.32 Å². The molecule has 2 amide bonds. The highest BCUT2D eigenvalue weighted by Crippen LogP contribution is 2.26. The van der Waals surface area contributed by atoms with Crippen molar-refractivity contribution in [2.24, 2.45) is 5.92 Å². The molecule has 148 valence electrons. The fourth-order valence-corrected chi connectivity index (χ4v) is 3.69. The van der Waals surface area contributed by atoms with Crippen LogP contribution in [-0.4, -0.2) is 54.7 Å². The van der Waals surface area contributed by atoms with Crippen LogP contribution in [0.4, 0.5) is 0 Å². The molecule has 0 spiro atoms. The van der Waals surface area contributed by atoms with Crippen LogP contribution < -0.4 is 5.32 Å². The molecule has 2 atom stereocenters. The summed E-state index contributed by atoms with van der Waals surface area (Å²) in [5.41, 5.74) is 2.56. The van der Waals surface area contributed by atoms with Crippen LogP contribution in [0.2, 0.25) is 0 Å². The lowest BCUT2D eigenvalue weighted by atomic mass is 10.1. The van der Waals surface area contributed by atoms with Crippen molar-refractivity contribution in [1.82, 2.24) is 10.2 Å². The zero-order chi connectivity index (χ0) is 19.9. The standard InChI is InChI=1S/C21H22N2O3.CH4O/c24-20(16-6-2-1-3-7-16)22-11-15-10-18(26-14-15)13-23-12-17-8-4-5-9-19(17)21(23)25;1-2/h1-9,15,18H,10-14H2,(H,22,24);2H,1H3.